The molecule has 4 nitrogen and oxygen atoms in total. The van der Waals surface area contributed by atoms with Crippen LogP contribution in [0.1, 0.15) is 22.5 Å². The molecule has 2 aromatic heterocycles. The van der Waals surface area contributed by atoms with Gasteiger partial charge in [-0.3, -0.25) is 9.20 Å². The van der Waals surface area contributed by atoms with E-state index in [9.17, 15) is 4.79 Å². The zero-order valence-electron chi connectivity index (χ0n) is 12.3. The molecule has 0 saturated heterocycles. The molecule has 1 N–H and O–H groups in total. The van der Waals surface area contributed by atoms with Crippen LogP contribution in [-0.4, -0.2) is 9.38 Å². The minimum Gasteiger partial charge on any atom is -0.379 e. The molecule has 0 bridgehead atoms. The molecule has 0 atom stereocenters. The molecule has 21 heavy (non-hydrogen) atoms. The summed E-state index contributed by atoms with van der Waals surface area (Å²) in [6.45, 7) is 6.64. The van der Waals surface area contributed by atoms with E-state index in [-0.39, 0.29) is 5.56 Å². The van der Waals surface area contributed by atoms with Gasteiger partial charge in [0.25, 0.3) is 5.56 Å². The Hall–Kier alpha value is -2.14. The highest BCUT2D eigenvalue weighted by atomic mass is 32.1. The molecule has 0 fully saturated rings. The van der Waals surface area contributed by atoms with Crippen molar-refractivity contribution < 1.29 is 0 Å². The van der Waals surface area contributed by atoms with E-state index < -0.39 is 0 Å². The van der Waals surface area contributed by atoms with Crippen LogP contribution in [0.2, 0.25) is 0 Å². The molecule has 0 aliphatic heterocycles. The highest BCUT2D eigenvalue weighted by Crippen LogP contribution is 2.19. The fourth-order valence-electron chi connectivity index (χ4n) is 2.32. The molecule has 0 aliphatic rings. The summed E-state index contributed by atoms with van der Waals surface area (Å²) in [7, 11) is 0. The maximum absolute atomic E-state index is 12.1. The Kier molecular flexibility index (Phi) is 3.51. The lowest BCUT2D eigenvalue weighted by atomic mass is 10.1. The van der Waals surface area contributed by atoms with E-state index in [0.717, 1.165) is 22.0 Å². The number of benzene rings is 1. The number of fused-ring (bicyclic) bond motifs is 1. The van der Waals surface area contributed by atoms with Crippen molar-refractivity contribution in [2.24, 2.45) is 0 Å². The first-order chi connectivity index (χ1) is 10.1. The van der Waals surface area contributed by atoms with Crippen molar-refractivity contribution in [2.75, 3.05) is 5.32 Å². The largest absolute Gasteiger partial charge is 0.379 e. The van der Waals surface area contributed by atoms with Gasteiger partial charge in [-0.2, -0.15) is 0 Å². The monoisotopic (exact) mass is 299 g/mol. The van der Waals surface area contributed by atoms with E-state index >= 15 is 0 Å². The Morgan fingerprint density at radius 3 is 2.90 bits per heavy atom. The Labute approximate surface area is 127 Å². The molecule has 2 heterocycles. The van der Waals surface area contributed by atoms with Crippen LogP contribution < -0.4 is 10.9 Å². The highest BCUT2D eigenvalue weighted by molar-refractivity contribution is 7.15. The van der Waals surface area contributed by atoms with Gasteiger partial charge in [0.1, 0.15) is 0 Å². The van der Waals surface area contributed by atoms with Crippen molar-refractivity contribution in [2.45, 2.75) is 27.3 Å². The normalized spacial score (nSPS) is 11.0. The van der Waals surface area contributed by atoms with Gasteiger partial charge in [-0.1, -0.05) is 12.1 Å². The van der Waals surface area contributed by atoms with E-state index in [4.69, 9.17) is 0 Å². The first kappa shape index (κ1) is 13.8. The summed E-state index contributed by atoms with van der Waals surface area (Å²) in [4.78, 5) is 17.4. The third kappa shape index (κ3) is 2.56. The molecular weight excluding hydrogens is 282 g/mol. The van der Waals surface area contributed by atoms with E-state index in [1.165, 1.54) is 22.5 Å². The van der Waals surface area contributed by atoms with Gasteiger partial charge in [-0.05, 0) is 38.0 Å². The molecule has 0 unspecified atom stereocenters. The standard InChI is InChI=1S/C16H17N3OS/c1-10-5-4-6-14(12(10)3)17-8-13-7-15(20)19-11(2)9-21-16(19)18-13/h4-7,9,17H,8H2,1-3H3. The lowest BCUT2D eigenvalue weighted by molar-refractivity contribution is 0.964. The highest BCUT2D eigenvalue weighted by Gasteiger charge is 2.07. The molecule has 0 aliphatic carbocycles. The number of rotatable bonds is 3. The van der Waals surface area contributed by atoms with Gasteiger partial charge in [0.15, 0.2) is 4.96 Å². The van der Waals surface area contributed by atoms with Crippen molar-refractivity contribution in [3.05, 3.63) is 62.5 Å². The maximum atomic E-state index is 12.1. The van der Waals surface area contributed by atoms with E-state index in [1.807, 2.05) is 24.4 Å². The number of anilines is 1. The Morgan fingerprint density at radius 1 is 1.29 bits per heavy atom. The van der Waals surface area contributed by atoms with Crippen molar-refractivity contribution >= 4 is 22.0 Å². The number of aromatic nitrogens is 2. The average molecular weight is 299 g/mol. The number of hydrogen-bond acceptors (Lipinski definition) is 4. The second-order valence-corrected chi connectivity index (χ2v) is 6.02. The van der Waals surface area contributed by atoms with Crippen LogP contribution in [0.3, 0.4) is 0 Å². The van der Waals surface area contributed by atoms with Crippen LogP contribution in [0, 0.1) is 20.8 Å². The minimum absolute atomic E-state index is 0.0171. The molecule has 0 amide bonds. The van der Waals surface area contributed by atoms with Gasteiger partial charge in [0.2, 0.25) is 0 Å². The van der Waals surface area contributed by atoms with Gasteiger partial charge in [-0.15, -0.1) is 11.3 Å². The summed E-state index contributed by atoms with van der Waals surface area (Å²) in [5.74, 6) is 0. The third-order valence-electron chi connectivity index (χ3n) is 3.69. The third-order valence-corrected chi connectivity index (χ3v) is 4.64. The molecule has 3 rings (SSSR count). The van der Waals surface area contributed by atoms with Gasteiger partial charge in [0.05, 0.1) is 12.2 Å². The van der Waals surface area contributed by atoms with Crippen molar-refractivity contribution in [1.82, 2.24) is 9.38 Å². The van der Waals surface area contributed by atoms with Crippen LogP contribution >= 0.6 is 11.3 Å². The number of nitrogens with zero attached hydrogens (tertiary/aromatic N) is 2. The number of nitrogens with one attached hydrogen (secondary N) is 1. The van der Waals surface area contributed by atoms with Crippen LogP contribution in [0.15, 0.2) is 34.4 Å². The molecular formula is C16H17N3OS. The Balaban J connectivity index is 1.89. The number of hydrogen-bond donors (Lipinski definition) is 1. The van der Waals surface area contributed by atoms with Crippen LogP contribution in [0.4, 0.5) is 5.69 Å². The molecule has 108 valence electrons. The fourth-order valence-corrected chi connectivity index (χ4v) is 3.21. The summed E-state index contributed by atoms with van der Waals surface area (Å²) in [6, 6.07) is 7.76. The van der Waals surface area contributed by atoms with E-state index in [1.54, 1.807) is 10.5 Å². The zero-order valence-corrected chi connectivity index (χ0v) is 13.1. The first-order valence-corrected chi connectivity index (χ1v) is 7.71. The first-order valence-electron chi connectivity index (χ1n) is 6.83. The molecule has 0 saturated carbocycles. The fraction of sp³-hybridized carbons (Fsp3) is 0.250. The second kappa shape index (κ2) is 5.33. The van der Waals surface area contributed by atoms with Gasteiger partial charge in [-0.25, -0.2) is 4.98 Å². The second-order valence-electron chi connectivity index (χ2n) is 5.18. The minimum atomic E-state index is -0.0171. The lowest BCUT2D eigenvalue weighted by Gasteiger charge is -2.11. The molecule has 5 heteroatoms. The average Bonchev–Trinajstić information content (AvgIpc) is 2.82. The zero-order chi connectivity index (χ0) is 15.0. The molecule has 1 aromatic carbocycles. The van der Waals surface area contributed by atoms with Crippen molar-refractivity contribution in [3.63, 3.8) is 0 Å². The predicted octanol–water partition coefficient (Wildman–Crippen LogP) is 3.29. The van der Waals surface area contributed by atoms with Crippen LogP contribution in [0.25, 0.3) is 4.96 Å². The topological polar surface area (TPSA) is 46.4 Å². The van der Waals surface area contributed by atoms with E-state index in [0.29, 0.717) is 6.54 Å². The SMILES string of the molecule is Cc1cccc(NCc2cc(=O)n3c(C)csc3n2)c1C. The predicted molar refractivity (Wildman–Crippen MR) is 87.3 cm³/mol. The molecule has 0 radical (unpaired) electrons. The number of aryl methyl sites for hydroxylation is 2. The quantitative estimate of drug-likeness (QED) is 0.807. The van der Waals surface area contributed by atoms with Crippen LogP contribution in [-0.2, 0) is 6.54 Å². The summed E-state index contributed by atoms with van der Waals surface area (Å²) in [6.07, 6.45) is 0. The van der Waals surface area contributed by atoms with Crippen molar-refractivity contribution in [3.8, 4) is 0 Å². The summed E-state index contributed by atoms with van der Waals surface area (Å²) < 4.78 is 1.64. The summed E-state index contributed by atoms with van der Waals surface area (Å²) in [5.41, 5.74) is 5.24. The van der Waals surface area contributed by atoms with Gasteiger partial charge < -0.3 is 5.32 Å². The summed E-state index contributed by atoms with van der Waals surface area (Å²) >= 11 is 1.49. The number of thiazole rings is 1. The van der Waals surface area contributed by atoms with Crippen LogP contribution in [0.5, 0.6) is 0 Å². The van der Waals surface area contributed by atoms with E-state index in [2.05, 4.69) is 30.2 Å². The van der Waals surface area contributed by atoms with Gasteiger partial charge >= 0.3 is 0 Å². The Bertz CT molecular complexity index is 864. The summed E-state index contributed by atoms with van der Waals surface area (Å²) in [5, 5.41) is 5.31. The smallest absolute Gasteiger partial charge is 0.259 e. The lowest BCUT2D eigenvalue weighted by Crippen LogP contribution is -2.16. The van der Waals surface area contributed by atoms with Crippen molar-refractivity contribution in [1.29, 1.82) is 0 Å². The molecule has 3 aromatic rings. The molecule has 0 spiro atoms. The Morgan fingerprint density at radius 2 is 2.10 bits per heavy atom. The van der Waals surface area contributed by atoms with Gasteiger partial charge in [0, 0.05) is 22.8 Å². The maximum Gasteiger partial charge on any atom is 0.259 e.